The Morgan fingerprint density at radius 3 is 2.18 bits per heavy atom. The molecule has 2 aliphatic heterocycles. The number of carbonyl (C=O) groups is 1. The van der Waals surface area contributed by atoms with Crippen molar-refractivity contribution in [1.82, 2.24) is 10.2 Å². The van der Waals surface area contributed by atoms with Gasteiger partial charge in [-0.05, 0) is 52.0 Å². The number of fused-ring (bicyclic) bond motifs is 2. The number of carbonyl (C=O) groups excluding carboxylic acids is 1. The van der Waals surface area contributed by atoms with Crippen LogP contribution in [0.25, 0.3) is 0 Å². The Labute approximate surface area is 146 Å². The Bertz CT molecular complexity index is 355. The summed E-state index contributed by atoms with van der Waals surface area (Å²) in [5.74, 6) is 0.436. The van der Waals surface area contributed by atoms with Crippen LogP contribution in [-0.2, 0) is 4.79 Å². The molecule has 6 heteroatoms. The minimum atomic E-state index is 0. The lowest BCUT2D eigenvalue weighted by Gasteiger charge is -2.47. The first-order valence-electron chi connectivity index (χ1n) is 8.41. The SMILES string of the molecule is CN1C2CCCC1CC(NC(=O)C1CCCC(N)C1)C2.Cl.Cl. The van der Waals surface area contributed by atoms with E-state index in [0.717, 1.165) is 38.5 Å². The molecular formula is C16H31Cl2N3O. The van der Waals surface area contributed by atoms with Gasteiger partial charge in [-0.15, -0.1) is 24.8 Å². The van der Waals surface area contributed by atoms with E-state index in [0.29, 0.717) is 18.1 Å². The van der Waals surface area contributed by atoms with E-state index >= 15 is 0 Å². The van der Waals surface area contributed by atoms with Crippen LogP contribution in [0.2, 0.25) is 0 Å². The van der Waals surface area contributed by atoms with Crippen molar-refractivity contribution in [2.75, 3.05) is 7.05 Å². The van der Waals surface area contributed by atoms with Gasteiger partial charge in [0.05, 0.1) is 0 Å². The van der Waals surface area contributed by atoms with Crippen LogP contribution in [0.1, 0.15) is 57.8 Å². The highest BCUT2D eigenvalue weighted by atomic mass is 35.5. The zero-order chi connectivity index (χ0) is 14.1. The second-order valence-corrected chi connectivity index (χ2v) is 7.20. The van der Waals surface area contributed by atoms with E-state index in [1.165, 1.54) is 19.3 Å². The summed E-state index contributed by atoms with van der Waals surface area (Å²) in [5, 5.41) is 3.34. The van der Waals surface area contributed by atoms with Gasteiger partial charge >= 0.3 is 0 Å². The number of hydrogen-bond acceptors (Lipinski definition) is 3. The summed E-state index contributed by atoms with van der Waals surface area (Å²) in [4.78, 5) is 15.0. The van der Waals surface area contributed by atoms with Crippen molar-refractivity contribution in [2.24, 2.45) is 11.7 Å². The summed E-state index contributed by atoms with van der Waals surface area (Å²) < 4.78 is 0. The van der Waals surface area contributed by atoms with E-state index in [4.69, 9.17) is 5.73 Å². The molecule has 0 spiro atoms. The zero-order valence-corrected chi connectivity index (χ0v) is 15.1. The number of halogens is 2. The number of hydrogen-bond donors (Lipinski definition) is 2. The van der Waals surface area contributed by atoms with E-state index in [9.17, 15) is 4.79 Å². The largest absolute Gasteiger partial charge is 0.353 e. The summed E-state index contributed by atoms with van der Waals surface area (Å²) in [6.45, 7) is 0. The number of rotatable bonds is 2. The van der Waals surface area contributed by atoms with Gasteiger partial charge in [0, 0.05) is 30.1 Å². The molecular weight excluding hydrogens is 321 g/mol. The Morgan fingerprint density at radius 1 is 1.00 bits per heavy atom. The summed E-state index contributed by atoms with van der Waals surface area (Å²) >= 11 is 0. The van der Waals surface area contributed by atoms with E-state index in [-0.39, 0.29) is 42.7 Å². The molecule has 3 fully saturated rings. The molecule has 3 aliphatic rings. The highest BCUT2D eigenvalue weighted by Gasteiger charge is 2.37. The third-order valence-corrected chi connectivity index (χ3v) is 5.77. The molecule has 22 heavy (non-hydrogen) atoms. The Kier molecular flexibility index (Phi) is 7.93. The van der Waals surface area contributed by atoms with Crippen molar-refractivity contribution >= 4 is 30.7 Å². The molecule has 1 amide bonds. The van der Waals surface area contributed by atoms with Gasteiger partial charge in [0.25, 0.3) is 0 Å². The fourth-order valence-corrected chi connectivity index (χ4v) is 4.52. The van der Waals surface area contributed by atoms with Gasteiger partial charge in [-0.1, -0.05) is 12.8 Å². The molecule has 0 aromatic carbocycles. The summed E-state index contributed by atoms with van der Waals surface area (Å²) in [6.07, 6.45) is 10.3. The van der Waals surface area contributed by atoms with E-state index in [2.05, 4.69) is 17.3 Å². The predicted octanol–water partition coefficient (Wildman–Crippen LogP) is 2.48. The van der Waals surface area contributed by atoms with Gasteiger partial charge in [-0.2, -0.15) is 0 Å². The normalized spacial score (nSPS) is 38.4. The predicted molar refractivity (Wildman–Crippen MR) is 94.8 cm³/mol. The van der Waals surface area contributed by atoms with Crippen molar-refractivity contribution in [3.8, 4) is 0 Å². The van der Waals surface area contributed by atoms with E-state index < -0.39 is 0 Å². The van der Waals surface area contributed by atoms with E-state index in [1.807, 2.05) is 0 Å². The lowest BCUT2D eigenvalue weighted by atomic mass is 9.81. The van der Waals surface area contributed by atoms with Crippen LogP contribution < -0.4 is 11.1 Å². The van der Waals surface area contributed by atoms with Crippen LogP contribution in [-0.4, -0.2) is 42.0 Å². The molecule has 130 valence electrons. The molecule has 2 saturated heterocycles. The molecule has 2 bridgehead atoms. The van der Waals surface area contributed by atoms with Crippen LogP contribution in [0.4, 0.5) is 0 Å². The highest BCUT2D eigenvalue weighted by molar-refractivity contribution is 5.85. The molecule has 3 N–H and O–H groups in total. The Morgan fingerprint density at radius 2 is 1.59 bits per heavy atom. The maximum absolute atomic E-state index is 12.4. The molecule has 4 unspecified atom stereocenters. The van der Waals surface area contributed by atoms with Gasteiger partial charge in [0.15, 0.2) is 0 Å². The molecule has 3 rings (SSSR count). The van der Waals surface area contributed by atoms with Crippen molar-refractivity contribution in [1.29, 1.82) is 0 Å². The average molecular weight is 352 g/mol. The summed E-state index contributed by atoms with van der Waals surface area (Å²) in [5.41, 5.74) is 6.00. The zero-order valence-electron chi connectivity index (χ0n) is 13.5. The molecule has 4 atom stereocenters. The molecule has 0 radical (unpaired) electrons. The lowest BCUT2D eigenvalue weighted by Crippen LogP contribution is -2.56. The van der Waals surface area contributed by atoms with Crippen LogP contribution in [0.3, 0.4) is 0 Å². The topological polar surface area (TPSA) is 58.4 Å². The molecule has 0 aromatic heterocycles. The summed E-state index contributed by atoms with van der Waals surface area (Å²) in [7, 11) is 2.26. The molecule has 1 aliphatic carbocycles. The van der Waals surface area contributed by atoms with Crippen molar-refractivity contribution < 1.29 is 4.79 Å². The standard InChI is InChI=1S/C16H29N3O.2ClH/c1-19-14-6-3-7-15(19)10-13(9-14)18-16(20)11-4-2-5-12(17)8-11;;/h11-15H,2-10,17H2,1H3,(H,18,20);2*1H. The van der Waals surface area contributed by atoms with Crippen LogP contribution in [0, 0.1) is 5.92 Å². The monoisotopic (exact) mass is 351 g/mol. The fourth-order valence-electron chi connectivity index (χ4n) is 4.52. The number of amides is 1. The van der Waals surface area contributed by atoms with Crippen LogP contribution >= 0.6 is 24.8 Å². The van der Waals surface area contributed by atoms with Crippen LogP contribution in [0.15, 0.2) is 0 Å². The third kappa shape index (κ3) is 4.50. The Hall–Kier alpha value is -0.0300. The second-order valence-electron chi connectivity index (χ2n) is 7.20. The first-order chi connectivity index (χ1) is 9.63. The van der Waals surface area contributed by atoms with Crippen molar-refractivity contribution in [3.63, 3.8) is 0 Å². The highest BCUT2D eigenvalue weighted by Crippen LogP contribution is 2.33. The Balaban J connectivity index is 0.00000121. The van der Waals surface area contributed by atoms with Gasteiger partial charge in [-0.3, -0.25) is 4.79 Å². The minimum absolute atomic E-state index is 0. The van der Waals surface area contributed by atoms with Gasteiger partial charge in [0.2, 0.25) is 5.91 Å². The summed E-state index contributed by atoms with van der Waals surface area (Å²) in [6, 6.07) is 1.99. The van der Waals surface area contributed by atoms with E-state index in [1.54, 1.807) is 0 Å². The average Bonchev–Trinajstić information content (AvgIpc) is 2.40. The van der Waals surface area contributed by atoms with Gasteiger partial charge < -0.3 is 16.0 Å². The number of piperidine rings is 2. The third-order valence-electron chi connectivity index (χ3n) is 5.77. The number of nitrogens with two attached hydrogens (primary N) is 1. The van der Waals surface area contributed by atoms with Crippen LogP contribution in [0.5, 0.6) is 0 Å². The molecule has 0 aromatic rings. The smallest absolute Gasteiger partial charge is 0.223 e. The van der Waals surface area contributed by atoms with Crippen molar-refractivity contribution in [3.05, 3.63) is 0 Å². The quantitative estimate of drug-likeness (QED) is 0.803. The number of nitrogens with zero attached hydrogens (tertiary/aromatic N) is 1. The lowest BCUT2D eigenvalue weighted by molar-refractivity contribution is -0.127. The maximum Gasteiger partial charge on any atom is 0.223 e. The number of nitrogens with one attached hydrogen (secondary N) is 1. The first-order valence-corrected chi connectivity index (χ1v) is 8.41. The second kappa shape index (κ2) is 8.72. The molecule has 4 nitrogen and oxygen atoms in total. The first kappa shape index (κ1) is 20.0. The maximum atomic E-state index is 12.4. The fraction of sp³-hybridized carbons (Fsp3) is 0.938. The van der Waals surface area contributed by atoms with Gasteiger partial charge in [-0.25, -0.2) is 0 Å². The van der Waals surface area contributed by atoms with Crippen molar-refractivity contribution in [2.45, 2.75) is 82.0 Å². The molecule has 2 heterocycles. The molecule has 1 saturated carbocycles. The van der Waals surface area contributed by atoms with Gasteiger partial charge in [0.1, 0.15) is 0 Å². The minimum Gasteiger partial charge on any atom is -0.353 e.